The number of hydrogen-bond donors (Lipinski definition) is 2. The van der Waals surface area contributed by atoms with Gasteiger partial charge in [0, 0.05) is 5.56 Å². The van der Waals surface area contributed by atoms with Crippen molar-refractivity contribution in [3.05, 3.63) is 23.3 Å². The fraction of sp³-hybridized carbons (Fsp3) is 0.455. The molecule has 1 aromatic carbocycles. The Morgan fingerprint density at radius 2 is 2.06 bits per heavy atom. The van der Waals surface area contributed by atoms with Crippen molar-refractivity contribution in [3.8, 4) is 11.5 Å². The van der Waals surface area contributed by atoms with E-state index < -0.39 is 12.7 Å². The summed E-state index contributed by atoms with van der Waals surface area (Å²) in [5, 5.41) is 9.02. The van der Waals surface area contributed by atoms with E-state index >= 15 is 0 Å². The van der Waals surface area contributed by atoms with Crippen LogP contribution in [0.4, 0.5) is 4.39 Å². The molecule has 0 radical (unpaired) electrons. The van der Waals surface area contributed by atoms with Crippen LogP contribution in [-0.2, 0) is 6.67 Å². The second-order valence-electron chi connectivity index (χ2n) is 3.34. The first-order valence-corrected chi connectivity index (χ1v) is 4.85. The zero-order chi connectivity index (χ0) is 12.1. The molecule has 16 heavy (non-hydrogen) atoms. The Morgan fingerprint density at radius 3 is 2.50 bits per heavy atom. The summed E-state index contributed by atoms with van der Waals surface area (Å²) in [7, 11) is 2.94. The maximum atomic E-state index is 12.6. The summed E-state index contributed by atoms with van der Waals surface area (Å²) in [6, 6.07) is 2.50. The Hall–Kier alpha value is -1.33. The van der Waals surface area contributed by atoms with E-state index in [9.17, 15) is 4.39 Å². The highest BCUT2D eigenvalue weighted by molar-refractivity contribution is 5.50. The van der Waals surface area contributed by atoms with E-state index in [2.05, 4.69) is 0 Å². The molecule has 1 rings (SSSR count). The van der Waals surface area contributed by atoms with E-state index in [0.29, 0.717) is 22.6 Å². The van der Waals surface area contributed by atoms with Crippen molar-refractivity contribution < 1.29 is 19.0 Å². The second kappa shape index (κ2) is 5.67. The number of alkyl halides is 1. The smallest absolute Gasteiger partial charge is 0.165 e. The molecule has 3 N–H and O–H groups in total. The standard InChI is InChI=1S/C11H16FNO3/c1-15-10-4-7(5-12)3-8(9(13)6-14)11(10)16-2/h3-4,9,14H,5-6,13H2,1-2H3. The largest absolute Gasteiger partial charge is 0.493 e. The maximum absolute atomic E-state index is 12.6. The van der Waals surface area contributed by atoms with Gasteiger partial charge >= 0.3 is 0 Å². The Balaban J connectivity index is 3.30. The average Bonchev–Trinajstić information content (AvgIpc) is 2.35. The van der Waals surface area contributed by atoms with Crippen molar-refractivity contribution in [2.45, 2.75) is 12.7 Å². The lowest BCUT2D eigenvalue weighted by Gasteiger charge is -2.17. The fourth-order valence-corrected chi connectivity index (χ4v) is 1.50. The molecular weight excluding hydrogens is 213 g/mol. The Kier molecular flexibility index (Phi) is 4.52. The van der Waals surface area contributed by atoms with Gasteiger partial charge in [0.25, 0.3) is 0 Å². The first-order chi connectivity index (χ1) is 7.67. The molecule has 1 aromatic rings. The third-order valence-corrected chi connectivity index (χ3v) is 2.32. The summed E-state index contributed by atoms with van der Waals surface area (Å²) in [4.78, 5) is 0. The van der Waals surface area contributed by atoms with Crippen LogP contribution >= 0.6 is 0 Å². The molecule has 0 amide bonds. The minimum Gasteiger partial charge on any atom is -0.493 e. The average molecular weight is 229 g/mol. The molecular formula is C11H16FNO3. The summed E-state index contributed by atoms with van der Waals surface area (Å²) in [5.74, 6) is 0.845. The molecule has 4 nitrogen and oxygen atoms in total. The van der Waals surface area contributed by atoms with Gasteiger partial charge < -0.3 is 20.3 Å². The predicted octanol–water partition coefficient (Wildman–Crippen LogP) is 1.17. The quantitative estimate of drug-likeness (QED) is 0.795. The second-order valence-corrected chi connectivity index (χ2v) is 3.34. The van der Waals surface area contributed by atoms with Crippen molar-refractivity contribution in [2.24, 2.45) is 5.73 Å². The van der Waals surface area contributed by atoms with Crippen LogP contribution in [0.1, 0.15) is 17.2 Å². The van der Waals surface area contributed by atoms with E-state index in [0.717, 1.165) is 0 Å². The molecule has 90 valence electrons. The summed E-state index contributed by atoms with van der Waals surface area (Å²) in [6.45, 7) is -0.860. The zero-order valence-electron chi connectivity index (χ0n) is 9.37. The van der Waals surface area contributed by atoms with Gasteiger partial charge in [-0.05, 0) is 17.7 Å². The van der Waals surface area contributed by atoms with Crippen LogP contribution < -0.4 is 15.2 Å². The van der Waals surface area contributed by atoms with Gasteiger partial charge in [-0.1, -0.05) is 0 Å². The third-order valence-electron chi connectivity index (χ3n) is 2.32. The molecule has 5 heteroatoms. The van der Waals surface area contributed by atoms with Gasteiger partial charge in [0.1, 0.15) is 6.67 Å². The Labute approximate surface area is 93.8 Å². The van der Waals surface area contributed by atoms with Crippen LogP contribution in [-0.4, -0.2) is 25.9 Å². The maximum Gasteiger partial charge on any atom is 0.165 e. The molecule has 0 aliphatic heterocycles. The van der Waals surface area contributed by atoms with Crippen molar-refractivity contribution in [2.75, 3.05) is 20.8 Å². The topological polar surface area (TPSA) is 64.7 Å². The molecule has 0 aromatic heterocycles. The molecule has 0 heterocycles. The highest BCUT2D eigenvalue weighted by Crippen LogP contribution is 2.35. The van der Waals surface area contributed by atoms with Crippen molar-refractivity contribution in [3.63, 3.8) is 0 Å². The van der Waals surface area contributed by atoms with Gasteiger partial charge in [-0.15, -0.1) is 0 Å². The minimum atomic E-state index is -0.620. The van der Waals surface area contributed by atoms with Crippen LogP contribution in [0.3, 0.4) is 0 Å². The van der Waals surface area contributed by atoms with Crippen molar-refractivity contribution in [1.82, 2.24) is 0 Å². The van der Waals surface area contributed by atoms with E-state index in [1.54, 1.807) is 12.1 Å². The van der Waals surface area contributed by atoms with Gasteiger partial charge in [0.05, 0.1) is 26.9 Å². The van der Waals surface area contributed by atoms with E-state index in [1.807, 2.05) is 0 Å². The van der Waals surface area contributed by atoms with Crippen LogP contribution in [0.25, 0.3) is 0 Å². The Morgan fingerprint density at radius 1 is 1.38 bits per heavy atom. The number of methoxy groups -OCH3 is 2. The monoisotopic (exact) mass is 229 g/mol. The van der Waals surface area contributed by atoms with Gasteiger partial charge in [-0.2, -0.15) is 0 Å². The summed E-state index contributed by atoms with van der Waals surface area (Å²) >= 11 is 0. The molecule has 0 bridgehead atoms. The molecule has 0 spiro atoms. The van der Waals surface area contributed by atoms with Crippen LogP contribution in [0.5, 0.6) is 11.5 Å². The number of rotatable bonds is 5. The van der Waals surface area contributed by atoms with Gasteiger partial charge in [-0.25, -0.2) is 4.39 Å². The highest BCUT2D eigenvalue weighted by atomic mass is 19.1. The third kappa shape index (κ3) is 2.43. The molecule has 0 saturated heterocycles. The van der Waals surface area contributed by atoms with Gasteiger partial charge in [-0.3, -0.25) is 0 Å². The van der Waals surface area contributed by atoms with Crippen molar-refractivity contribution >= 4 is 0 Å². The number of hydrogen-bond acceptors (Lipinski definition) is 4. The molecule has 1 unspecified atom stereocenters. The summed E-state index contributed by atoms with van der Waals surface area (Å²) in [6.07, 6.45) is 0. The number of benzene rings is 1. The Bertz CT molecular complexity index is 357. The fourth-order valence-electron chi connectivity index (χ4n) is 1.50. The first kappa shape index (κ1) is 12.7. The molecule has 0 aliphatic carbocycles. The lowest BCUT2D eigenvalue weighted by atomic mass is 10.0. The summed E-state index contributed by atoms with van der Waals surface area (Å²) < 4.78 is 22.9. The lowest BCUT2D eigenvalue weighted by Crippen LogP contribution is -2.16. The number of halogens is 1. The molecule has 0 saturated carbocycles. The zero-order valence-corrected chi connectivity index (χ0v) is 9.37. The van der Waals surface area contributed by atoms with Crippen LogP contribution in [0.2, 0.25) is 0 Å². The molecule has 1 atom stereocenters. The van der Waals surface area contributed by atoms with Gasteiger partial charge in [0.2, 0.25) is 0 Å². The number of ether oxygens (including phenoxy) is 2. The predicted molar refractivity (Wildman–Crippen MR) is 58.4 cm³/mol. The van der Waals surface area contributed by atoms with Crippen LogP contribution in [0.15, 0.2) is 12.1 Å². The molecule has 0 fully saturated rings. The van der Waals surface area contributed by atoms with E-state index in [-0.39, 0.29) is 6.61 Å². The number of nitrogens with two attached hydrogens (primary N) is 1. The SMILES string of the molecule is COc1cc(CF)cc(C(N)CO)c1OC. The highest BCUT2D eigenvalue weighted by Gasteiger charge is 2.17. The van der Waals surface area contributed by atoms with Crippen molar-refractivity contribution in [1.29, 1.82) is 0 Å². The number of aliphatic hydroxyl groups excluding tert-OH is 1. The van der Waals surface area contributed by atoms with Gasteiger partial charge in [0.15, 0.2) is 11.5 Å². The summed E-state index contributed by atoms with van der Waals surface area (Å²) in [5.41, 5.74) is 6.69. The minimum absolute atomic E-state index is 0.241. The van der Waals surface area contributed by atoms with Crippen LogP contribution in [0, 0.1) is 0 Å². The number of aliphatic hydroxyl groups is 1. The first-order valence-electron chi connectivity index (χ1n) is 4.85. The van der Waals surface area contributed by atoms with E-state index in [4.69, 9.17) is 20.3 Å². The lowest BCUT2D eigenvalue weighted by molar-refractivity contribution is 0.263. The molecule has 0 aliphatic rings. The van der Waals surface area contributed by atoms with E-state index in [1.165, 1.54) is 14.2 Å². The normalized spacial score (nSPS) is 12.3.